The molecule has 0 aliphatic rings. The molecule has 3 aromatic carbocycles. The topological polar surface area (TPSA) is 26.3 Å². The second kappa shape index (κ2) is 8.15. The van der Waals surface area contributed by atoms with E-state index >= 15 is 0 Å². The van der Waals surface area contributed by atoms with Crippen molar-refractivity contribution in [3.8, 4) is 0 Å². The molecule has 1 unspecified atom stereocenters. The van der Waals surface area contributed by atoms with E-state index in [1.165, 1.54) is 11.6 Å². The summed E-state index contributed by atoms with van der Waals surface area (Å²) in [5.41, 5.74) is 2.14. The Labute approximate surface area is 155 Å². The second-order valence-electron chi connectivity index (χ2n) is 5.76. The van der Waals surface area contributed by atoms with Gasteiger partial charge in [0, 0.05) is 0 Å². The van der Waals surface area contributed by atoms with Gasteiger partial charge in [-0.25, -0.2) is 0 Å². The Morgan fingerprint density at radius 2 is 1.36 bits per heavy atom. The van der Waals surface area contributed by atoms with Crippen molar-refractivity contribution in [1.29, 1.82) is 0 Å². The molecule has 0 saturated carbocycles. The van der Waals surface area contributed by atoms with E-state index in [9.17, 15) is 4.79 Å². The van der Waals surface area contributed by atoms with Gasteiger partial charge in [-0.05, 0) is 0 Å². The van der Waals surface area contributed by atoms with E-state index in [1.54, 1.807) is 0 Å². The standard InChI is InChI=1S/C22H20O2Se/c1-24-21(23)22(19-13-7-3-8-14-19,17-18-11-5-2-6-12-18)25-20-15-9-4-10-16-20/h2-16H,17H2,1H3. The van der Waals surface area contributed by atoms with E-state index in [-0.39, 0.29) is 20.9 Å². The Morgan fingerprint density at radius 1 is 0.840 bits per heavy atom. The monoisotopic (exact) mass is 396 g/mol. The predicted octanol–water partition coefficient (Wildman–Crippen LogP) is 3.33. The molecule has 3 rings (SSSR count). The van der Waals surface area contributed by atoms with Crippen LogP contribution in [-0.2, 0) is 20.3 Å². The first-order valence-corrected chi connectivity index (χ1v) is 9.88. The summed E-state index contributed by atoms with van der Waals surface area (Å²) < 4.78 is 5.78. The van der Waals surface area contributed by atoms with Crippen LogP contribution < -0.4 is 4.46 Å². The van der Waals surface area contributed by atoms with Crippen molar-refractivity contribution in [2.24, 2.45) is 0 Å². The number of esters is 1. The molecule has 0 spiro atoms. The van der Waals surface area contributed by atoms with Crippen LogP contribution >= 0.6 is 0 Å². The number of ether oxygens (including phenoxy) is 1. The Kier molecular flexibility index (Phi) is 5.70. The van der Waals surface area contributed by atoms with Crippen molar-refractivity contribution in [3.63, 3.8) is 0 Å². The number of carbonyl (C=O) groups is 1. The molecule has 0 radical (unpaired) electrons. The fourth-order valence-corrected chi connectivity index (χ4v) is 5.72. The molecular formula is C22H20O2Se. The quantitative estimate of drug-likeness (QED) is 0.473. The van der Waals surface area contributed by atoms with Crippen LogP contribution in [0.3, 0.4) is 0 Å². The number of benzene rings is 3. The summed E-state index contributed by atoms with van der Waals surface area (Å²) in [5, 5.41) is 0. The SMILES string of the molecule is COC(=O)C(Cc1ccccc1)([Se]c1ccccc1)c1ccccc1. The Balaban J connectivity index is 2.11. The van der Waals surface area contributed by atoms with Crippen molar-refractivity contribution in [3.05, 3.63) is 102 Å². The minimum atomic E-state index is -0.689. The van der Waals surface area contributed by atoms with Gasteiger partial charge in [-0.15, -0.1) is 0 Å². The summed E-state index contributed by atoms with van der Waals surface area (Å²) in [6.45, 7) is 0. The Bertz CT molecular complexity index is 760. The van der Waals surface area contributed by atoms with Gasteiger partial charge in [-0.2, -0.15) is 0 Å². The van der Waals surface area contributed by atoms with Gasteiger partial charge in [0.1, 0.15) is 0 Å². The summed E-state index contributed by atoms with van der Waals surface area (Å²) >= 11 is -0.113. The normalized spacial score (nSPS) is 13.0. The third-order valence-corrected chi connectivity index (χ3v) is 7.03. The van der Waals surface area contributed by atoms with Crippen molar-refractivity contribution in [2.45, 2.75) is 10.7 Å². The van der Waals surface area contributed by atoms with E-state index in [1.807, 2.05) is 66.7 Å². The average Bonchev–Trinajstić information content (AvgIpc) is 2.69. The summed E-state index contributed by atoms with van der Waals surface area (Å²) in [5.74, 6) is -0.175. The van der Waals surface area contributed by atoms with Gasteiger partial charge in [-0.1, -0.05) is 0 Å². The first kappa shape index (κ1) is 17.5. The Morgan fingerprint density at radius 3 is 1.92 bits per heavy atom. The second-order valence-corrected chi connectivity index (χ2v) is 8.64. The fraction of sp³-hybridized carbons (Fsp3) is 0.136. The zero-order valence-electron chi connectivity index (χ0n) is 14.1. The van der Waals surface area contributed by atoms with Crippen LogP contribution in [0.15, 0.2) is 91.0 Å². The molecule has 2 nitrogen and oxygen atoms in total. The van der Waals surface area contributed by atoms with Gasteiger partial charge in [-0.3, -0.25) is 0 Å². The van der Waals surface area contributed by atoms with Crippen LogP contribution in [0.2, 0.25) is 0 Å². The molecule has 0 N–H and O–H groups in total. The van der Waals surface area contributed by atoms with Crippen LogP contribution in [0, 0.1) is 0 Å². The zero-order valence-corrected chi connectivity index (χ0v) is 15.8. The van der Waals surface area contributed by atoms with E-state index in [0.717, 1.165) is 11.1 Å². The molecule has 0 bridgehead atoms. The molecular weight excluding hydrogens is 375 g/mol. The molecule has 3 heteroatoms. The van der Waals surface area contributed by atoms with E-state index < -0.39 is 4.31 Å². The molecule has 0 aliphatic carbocycles. The number of hydrogen-bond acceptors (Lipinski definition) is 2. The van der Waals surface area contributed by atoms with Gasteiger partial charge in [0.15, 0.2) is 0 Å². The van der Waals surface area contributed by atoms with Crippen LogP contribution in [0.25, 0.3) is 0 Å². The molecule has 0 fully saturated rings. The Hall–Kier alpha value is -2.35. The van der Waals surface area contributed by atoms with Gasteiger partial charge < -0.3 is 0 Å². The first-order chi connectivity index (χ1) is 12.2. The van der Waals surface area contributed by atoms with Crippen molar-refractivity contribution < 1.29 is 9.53 Å². The molecule has 1 atom stereocenters. The fourth-order valence-electron chi connectivity index (χ4n) is 2.87. The number of rotatable bonds is 6. The maximum absolute atomic E-state index is 13.0. The maximum atomic E-state index is 13.0. The van der Waals surface area contributed by atoms with Gasteiger partial charge in [0.25, 0.3) is 0 Å². The molecule has 0 heterocycles. The van der Waals surface area contributed by atoms with E-state index in [2.05, 4.69) is 24.3 Å². The third-order valence-electron chi connectivity index (χ3n) is 4.09. The minimum absolute atomic E-state index is 0.113. The molecule has 0 aliphatic heterocycles. The van der Waals surface area contributed by atoms with E-state index in [4.69, 9.17) is 4.74 Å². The summed E-state index contributed by atoms with van der Waals surface area (Å²) in [7, 11) is 1.48. The summed E-state index contributed by atoms with van der Waals surface area (Å²) in [4.78, 5) is 13.0. The van der Waals surface area contributed by atoms with Crippen molar-refractivity contribution in [2.75, 3.05) is 7.11 Å². The van der Waals surface area contributed by atoms with E-state index in [0.29, 0.717) is 6.42 Å². The van der Waals surface area contributed by atoms with Crippen LogP contribution in [0.5, 0.6) is 0 Å². The average molecular weight is 395 g/mol. The summed E-state index contributed by atoms with van der Waals surface area (Å²) in [6, 6.07) is 30.4. The van der Waals surface area contributed by atoms with Crippen LogP contribution in [0.4, 0.5) is 0 Å². The van der Waals surface area contributed by atoms with Crippen LogP contribution in [0.1, 0.15) is 11.1 Å². The molecule has 126 valence electrons. The summed E-state index contributed by atoms with van der Waals surface area (Å²) in [6.07, 6.45) is 0.624. The number of methoxy groups -OCH3 is 1. The van der Waals surface area contributed by atoms with Crippen LogP contribution in [-0.4, -0.2) is 28.0 Å². The molecule has 25 heavy (non-hydrogen) atoms. The van der Waals surface area contributed by atoms with Gasteiger partial charge in [0.05, 0.1) is 0 Å². The molecule has 0 amide bonds. The predicted molar refractivity (Wildman–Crippen MR) is 102 cm³/mol. The molecule has 3 aromatic rings. The van der Waals surface area contributed by atoms with Crippen molar-refractivity contribution >= 4 is 25.4 Å². The first-order valence-electron chi connectivity index (χ1n) is 8.16. The van der Waals surface area contributed by atoms with Crippen molar-refractivity contribution in [1.82, 2.24) is 0 Å². The zero-order chi connectivity index (χ0) is 17.5. The van der Waals surface area contributed by atoms with Gasteiger partial charge in [0.2, 0.25) is 0 Å². The third kappa shape index (κ3) is 4.01. The van der Waals surface area contributed by atoms with Gasteiger partial charge >= 0.3 is 155 Å². The molecule has 0 aromatic heterocycles. The number of carbonyl (C=O) groups excluding carboxylic acids is 1. The molecule has 0 saturated heterocycles. The number of hydrogen-bond donors (Lipinski definition) is 0.